The standard InChI is InChI=1S/C18H21Cl2N3OS/c1-2-9-25-18(7-8-18)17(24,11-23-13-21-12-22-23)6-5-14-3-4-15(19)10-16(14)20/h3-6,10,12-13,24H,2,7-9,11H2,1H3/b6-5+. The lowest BCUT2D eigenvalue weighted by molar-refractivity contribution is 0.0588. The lowest BCUT2D eigenvalue weighted by atomic mass is 9.95. The second kappa shape index (κ2) is 7.70. The Bertz CT molecular complexity index is 747. The third-order valence-corrected chi connectivity index (χ3v) is 6.94. The Morgan fingerprint density at radius 3 is 2.80 bits per heavy atom. The van der Waals surface area contributed by atoms with E-state index < -0.39 is 5.60 Å². The molecule has 0 bridgehead atoms. The largest absolute Gasteiger partial charge is 0.382 e. The minimum Gasteiger partial charge on any atom is -0.382 e. The van der Waals surface area contributed by atoms with Crippen molar-refractivity contribution in [3.63, 3.8) is 0 Å². The minimum absolute atomic E-state index is 0.176. The smallest absolute Gasteiger partial charge is 0.137 e. The molecule has 1 saturated carbocycles. The summed E-state index contributed by atoms with van der Waals surface area (Å²) in [5, 5.41) is 16.9. The zero-order valence-corrected chi connectivity index (χ0v) is 16.4. The van der Waals surface area contributed by atoms with Crippen molar-refractivity contribution in [2.75, 3.05) is 5.75 Å². The molecule has 7 heteroatoms. The molecular weight excluding hydrogens is 377 g/mol. The highest BCUT2D eigenvalue weighted by Gasteiger charge is 2.58. The van der Waals surface area contributed by atoms with Crippen LogP contribution in [0.1, 0.15) is 31.7 Å². The molecule has 1 aromatic carbocycles. The third-order valence-electron chi connectivity index (χ3n) is 4.45. The Hall–Kier alpha value is -1.01. The first-order valence-corrected chi connectivity index (χ1v) is 10.1. The van der Waals surface area contributed by atoms with Gasteiger partial charge in [0.2, 0.25) is 0 Å². The Balaban J connectivity index is 1.89. The van der Waals surface area contributed by atoms with Gasteiger partial charge in [0.05, 0.1) is 11.3 Å². The van der Waals surface area contributed by atoms with Gasteiger partial charge in [-0.05, 0) is 48.8 Å². The van der Waals surface area contributed by atoms with Gasteiger partial charge in [-0.1, -0.05) is 42.3 Å². The van der Waals surface area contributed by atoms with Gasteiger partial charge in [0, 0.05) is 10.0 Å². The molecule has 1 heterocycles. The number of rotatable bonds is 8. The van der Waals surface area contributed by atoms with Crippen LogP contribution in [0.3, 0.4) is 0 Å². The molecule has 1 N–H and O–H groups in total. The number of nitrogens with zero attached hydrogens (tertiary/aromatic N) is 3. The van der Waals surface area contributed by atoms with E-state index >= 15 is 0 Å². The second-order valence-corrected chi connectivity index (χ2v) is 8.68. The molecule has 0 radical (unpaired) electrons. The van der Waals surface area contributed by atoms with Crippen molar-refractivity contribution in [3.8, 4) is 0 Å². The van der Waals surface area contributed by atoms with Crippen LogP contribution in [0.25, 0.3) is 6.08 Å². The molecule has 1 aromatic heterocycles. The summed E-state index contributed by atoms with van der Waals surface area (Å²) in [4.78, 5) is 3.99. The molecule has 25 heavy (non-hydrogen) atoms. The van der Waals surface area contributed by atoms with Crippen molar-refractivity contribution < 1.29 is 5.11 Å². The first-order chi connectivity index (χ1) is 12.0. The number of thioether (sulfide) groups is 1. The lowest BCUT2D eigenvalue weighted by Crippen LogP contribution is -2.44. The average Bonchev–Trinajstić information content (AvgIpc) is 3.22. The summed E-state index contributed by atoms with van der Waals surface area (Å²) in [5.41, 5.74) is -0.192. The first kappa shape index (κ1) is 18.8. The molecule has 1 aliphatic carbocycles. The highest BCUT2D eigenvalue weighted by Crippen LogP contribution is 2.57. The zero-order valence-electron chi connectivity index (χ0n) is 14.0. The average molecular weight is 398 g/mol. The lowest BCUT2D eigenvalue weighted by Gasteiger charge is -2.34. The molecule has 0 spiro atoms. The number of halogens is 2. The Morgan fingerprint density at radius 2 is 2.20 bits per heavy atom. The quantitative estimate of drug-likeness (QED) is 0.700. The van der Waals surface area contributed by atoms with Gasteiger partial charge in [-0.2, -0.15) is 16.9 Å². The maximum absolute atomic E-state index is 11.5. The summed E-state index contributed by atoms with van der Waals surface area (Å²) < 4.78 is 1.50. The van der Waals surface area contributed by atoms with Gasteiger partial charge in [0.15, 0.2) is 0 Å². The van der Waals surface area contributed by atoms with Crippen LogP contribution < -0.4 is 0 Å². The molecule has 1 fully saturated rings. The Kier molecular flexibility index (Phi) is 5.78. The van der Waals surface area contributed by atoms with Gasteiger partial charge in [-0.3, -0.25) is 0 Å². The van der Waals surface area contributed by atoms with Crippen molar-refractivity contribution in [2.24, 2.45) is 0 Å². The van der Waals surface area contributed by atoms with E-state index in [0.29, 0.717) is 16.6 Å². The summed E-state index contributed by atoms with van der Waals surface area (Å²) in [6.07, 6.45) is 9.91. The highest BCUT2D eigenvalue weighted by atomic mass is 35.5. The molecule has 4 nitrogen and oxygen atoms in total. The van der Waals surface area contributed by atoms with Crippen LogP contribution in [0.4, 0.5) is 0 Å². The maximum Gasteiger partial charge on any atom is 0.137 e. The maximum atomic E-state index is 11.5. The zero-order chi connectivity index (χ0) is 17.9. The molecule has 2 aromatic rings. The molecule has 0 saturated heterocycles. The van der Waals surface area contributed by atoms with Gasteiger partial charge in [0.1, 0.15) is 18.3 Å². The van der Waals surface area contributed by atoms with Crippen LogP contribution in [0, 0.1) is 0 Å². The van der Waals surface area contributed by atoms with Crippen LogP contribution in [0.15, 0.2) is 36.9 Å². The van der Waals surface area contributed by atoms with E-state index in [1.165, 1.54) is 6.33 Å². The molecule has 1 unspecified atom stereocenters. The summed E-state index contributed by atoms with van der Waals surface area (Å²) in [6, 6.07) is 5.36. The molecule has 134 valence electrons. The van der Waals surface area contributed by atoms with Gasteiger partial charge in [-0.25, -0.2) is 9.67 Å². The van der Waals surface area contributed by atoms with Crippen molar-refractivity contribution in [2.45, 2.75) is 43.1 Å². The fourth-order valence-corrected chi connectivity index (χ4v) is 4.73. The van der Waals surface area contributed by atoms with Crippen LogP contribution in [-0.4, -0.2) is 36.0 Å². The second-order valence-electron chi connectivity index (χ2n) is 6.36. The van der Waals surface area contributed by atoms with E-state index in [2.05, 4.69) is 17.0 Å². The Morgan fingerprint density at radius 1 is 1.40 bits per heavy atom. The van der Waals surface area contributed by atoms with E-state index in [0.717, 1.165) is 30.6 Å². The minimum atomic E-state index is -1.02. The van der Waals surface area contributed by atoms with Crippen LogP contribution >= 0.6 is 35.0 Å². The van der Waals surface area contributed by atoms with Crippen LogP contribution in [0.2, 0.25) is 10.0 Å². The monoisotopic (exact) mass is 397 g/mol. The van der Waals surface area contributed by atoms with Crippen molar-refractivity contribution in [1.29, 1.82) is 0 Å². The van der Waals surface area contributed by atoms with Crippen LogP contribution in [0.5, 0.6) is 0 Å². The molecule has 0 aliphatic heterocycles. The predicted octanol–water partition coefficient (Wildman–Crippen LogP) is 4.71. The van der Waals surface area contributed by atoms with E-state index in [1.807, 2.05) is 30.0 Å². The number of aromatic nitrogens is 3. The van der Waals surface area contributed by atoms with Crippen molar-refractivity contribution in [3.05, 3.63) is 52.5 Å². The molecule has 3 rings (SSSR count). The number of aliphatic hydroxyl groups is 1. The predicted molar refractivity (Wildman–Crippen MR) is 105 cm³/mol. The van der Waals surface area contributed by atoms with Gasteiger partial charge < -0.3 is 5.11 Å². The SMILES string of the molecule is CCCSC1(C(O)(/C=C/c2ccc(Cl)cc2Cl)Cn2cncn2)CC1. The summed E-state index contributed by atoms with van der Waals surface area (Å²) in [7, 11) is 0. The van der Waals surface area contributed by atoms with Crippen molar-refractivity contribution in [1.82, 2.24) is 14.8 Å². The van der Waals surface area contributed by atoms with Gasteiger partial charge >= 0.3 is 0 Å². The van der Waals surface area contributed by atoms with Gasteiger partial charge in [0.25, 0.3) is 0 Å². The third kappa shape index (κ3) is 4.22. The molecule has 0 amide bonds. The van der Waals surface area contributed by atoms with E-state index in [1.54, 1.807) is 23.1 Å². The van der Waals surface area contributed by atoms with Crippen LogP contribution in [-0.2, 0) is 6.54 Å². The van der Waals surface area contributed by atoms with E-state index in [4.69, 9.17) is 23.2 Å². The molecule has 1 atom stereocenters. The summed E-state index contributed by atoms with van der Waals surface area (Å²) in [5.74, 6) is 1.02. The first-order valence-electron chi connectivity index (χ1n) is 8.31. The Labute approximate surface area is 162 Å². The van der Waals surface area contributed by atoms with E-state index in [9.17, 15) is 5.11 Å². The fourth-order valence-electron chi connectivity index (χ4n) is 2.89. The highest BCUT2D eigenvalue weighted by molar-refractivity contribution is 8.01. The summed E-state index contributed by atoms with van der Waals surface area (Å²) >= 11 is 14.1. The molecular formula is C18H21Cl2N3OS. The topological polar surface area (TPSA) is 50.9 Å². The fraction of sp³-hybridized carbons (Fsp3) is 0.444. The molecule has 1 aliphatic rings. The van der Waals surface area contributed by atoms with E-state index in [-0.39, 0.29) is 4.75 Å². The number of hydrogen-bond donors (Lipinski definition) is 1. The number of hydrogen-bond acceptors (Lipinski definition) is 4. The number of benzene rings is 1. The summed E-state index contributed by atoms with van der Waals surface area (Å²) in [6.45, 7) is 2.52. The normalized spacial score (nSPS) is 18.4. The van der Waals surface area contributed by atoms with Gasteiger partial charge in [-0.15, -0.1) is 0 Å². The van der Waals surface area contributed by atoms with Crippen molar-refractivity contribution >= 4 is 41.0 Å².